The lowest BCUT2D eigenvalue weighted by Crippen LogP contribution is -2.13. The van der Waals surface area contributed by atoms with Crippen molar-refractivity contribution in [2.45, 2.75) is 0 Å². The minimum absolute atomic E-state index is 0.0443. The molecule has 3 heteroatoms. The highest BCUT2D eigenvalue weighted by Crippen LogP contribution is 2.09. The normalized spacial score (nSPS) is 21.9. The Bertz CT molecular complexity index is 361. The highest BCUT2D eigenvalue weighted by atomic mass is 16.5. The van der Waals surface area contributed by atoms with Crippen molar-refractivity contribution in [3.8, 4) is 0 Å². The fraction of sp³-hybridized carbons (Fsp3) is 0.0909. The Balaban J connectivity index is 1.96. The van der Waals surface area contributed by atoms with Crippen LogP contribution >= 0.6 is 0 Å². The van der Waals surface area contributed by atoms with Gasteiger partial charge in [-0.2, -0.15) is 30.7 Å². The summed E-state index contributed by atoms with van der Waals surface area (Å²) < 4.78 is 6.30. The van der Waals surface area contributed by atoms with E-state index in [1.54, 1.807) is 6.54 Å². The fourth-order valence-corrected chi connectivity index (χ4v) is 1.17. The van der Waals surface area contributed by atoms with Crippen molar-refractivity contribution in [3.05, 3.63) is 48.9 Å². The lowest BCUT2D eigenvalue weighted by atomic mass is 10.1. The van der Waals surface area contributed by atoms with Crippen LogP contribution in [-0.2, 0) is 9.53 Å². The first-order chi connectivity index (χ1) is 6.86. The number of carbonyl (C=O) groups is 1. The average Bonchev–Trinajstić information content (AvgIpc) is 2.63. The van der Waals surface area contributed by atoms with Gasteiger partial charge in [0.25, 0.3) is 6.40 Å². The molecule has 0 N–H and O–H groups in total. The zero-order valence-electron chi connectivity index (χ0n) is 7.59. The average molecular weight is 188 g/mol. The third kappa shape index (κ3) is 1.88. The summed E-state index contributed by atoms with van der Waals surface area (Å²) in [5, 5.41) is 0. The van der Waals surface area contributed by atoms with E-state index in [-0.39, 0.29) is 12.5 Å². The molecule has 2 rings (SSSR count). The van der Waals surface area contributed by atoms with Gasteiger partial charge >= 0.3 is 5.91 Å². The van der Waals surface area contributed by atoms with Gasteiger partial charge in [0, 0.05) is 0 Å². The van der Waals surface area contributed by atoms with E-state index >= 15 is 0 Å². The molecule has 0 saturated heterocycles. The highest BCUT2D eigenvalue weighted by Gasteiger charge is 2.14. The summed E-state index contributed by atoms with van der Waals surface area (Å²) in [5.74, 6) is -0.0443. The van der Waals surface area contributed by atoms with Crippen LogP contribution in [0.15, 0.2) is 36.0 Å². The van der Waals surface area contributed by atoms with Crippen molar-refractivity contribution in [1.29, 1.82) is 0 Å². The number of nitrogens with zero attached hydrogens (tertiary/aromatic N) is 1. The van der Waals surface area contributed by atoms with E-state index in [1.165, 1.54) is 11.0 Å². The molecule has 72 valence electrons. The van der Waals surface area contributed by atoms with Gasteiger partial charge in [-0.05, 0) is 0 Å². The van der Waals surface area contributed by atoms with E-state index < -0.39 is 0 Å². The summed E-state index contributed by atoms with van der Waals surface area (Å²) in [7, 11) is 0. The molecule has 0 radical (unpaired) electrons. The van der Waals surface area contributed by atoms with Gasteiger partial charge in [-0.3, -0.25) is 4.79 Å². The summed E-state index contributed by atoms with van der Waals surface area (Å²) in [6, 6.07) is 0. The Labute approximate surface area is 82.7 Å². The topological polar surface area (TPSA) is 29.3 Å². The number of rotatable bonds is 2. The van der Waals surface area contributed by atoms with Gasteiger partial charge in [0.2, 0.25) is 0 Å². The van der Waals surface area contributed by atoms with Gasteiger partial charge < -0.3 is 4.74 Å². The number of hydrogen-bond donors (Lipinski definition) is 0. The minimum atomic E-state index is -0.0443. The molecule has 14 heavy (non-hydrogen) atoms. The zero-order chi connectivity index (χ0) is 9.80. The Morgan fingerprint density at radius 2 is 2.50 bits per heavy atom. The van der Waals surface area contributed by atoms with Crippen LogP contribution in [0.1, 0.15) is 0 Å². The van der Waals surface area contributed by atoms with Gasteiger partial charge in [0.05, 0.1) is 6.54 Å². The predicted molar refractivity (Wildman–Crippen MR) is 52.2 cm³/mol. The summed E-state index contributed by atoms with van der Waals surface area (Å²) in [6.45, 7) is 1.84. The molecule has 1 heterocycles. The van der Waals surface area contributed by atoms with Gasteiger partial charge in [-0.25, -0.2) is 10.1 Å². The molecule has 3 nitrogen and oxygen atoms in total. The molecule has 2 aliphatic rings. The second kappa shape index (κ2) is 3.87. The first-order valence-electron chi connectivity index (χ1n) is 4.35. The SMILES string of the molecule is O=C1COC=[N+]1[CH-]C=C1C=CC=C[CH-]1. The number of allylic oxidation sites excluding steroid dienone is 5. The molecular formula is C11H10NO2-. The number of carbonyl (C=O) groups excluding carboxylic acids is 1. The van der Waals surface area contributed by atoms with Crippen LogP contribution in [0.2, 0.25) is 0 Å². The van der Waals surface area contributed by atoms with E-state index in [1.807, 2.05) is 36.8 Å². The van der Waals surface area contributed by atoms with Crippen LogP contribution in [0.25, 0.3) is 0 Å². The van der Waals surface area contributed by atoms with Gasteiger partial charge in [-0.15, -0.1) is 6.08 Å². The van der Waals surface area contributed by atoms with Crippen molar-refractivity contribution < 1.29 is 14.1 Å². The van der Waals surface area contributed by atoms with E-state index in [9.17, 15) is 4.79 Å². The molecule has 0 aromatic heterocycles. The standard InChI is InChI=1S/C11H10NO2/c13-11-8-14-9-12(11)7-6-10-4-2-1-3-5-10/h1-7,9H,8H2/q-1. The fourth-order valence-electron chi connectivity index (χ4n) is 1.17. The van der Waals surface area contributed by atoms with Crippen LogP contribution in [0.5, 0.6) is 0 Å². The summed E-state index contributed by atoms with van der Waals surface area (Å²) in [6.07, 6.45) is 13.1. The molecule has 1 aliphatic carbocycles. The van der Waals surface area contributed by atoms with Crippen LogP contribution in [-0.4, -0.2) is 23.5 Å². The molecular weight excluding hydrogens is 178 g/mol. The maximum absolute atomic E-state index is 11.1. The van der Waals surface area contributed by atoms with Crippen molar-refractivity contribution in [2.24, 2.45) is 0 Å². The maximum Gasteiger partial charge on any atom is 0.349 e. The molecule has 0 spiro atoms. The first kappa shape index (κ1) is 8.69. The second-order valence-electron chi connectivity index (χ2n) is 2.94. The summed E-state index contributed by atoms with van der Waals surface area (Å²) in [4.78, 5) is 11.1. The van der Waals surface area contributed by atoms with Crippen LogP contribution in [0.3, 0.4) is 0 Å². The first-order valence-corrected chi connectivity index (χ1v) is 4.35. The molecule has 0 atom stereocenters. The van der Waals surface area contributed by atoms with Gasteiger partial charge in [0.1, 0.15) is 0 Å². The lowest BCUT2D eigenvalue weighted by Gasteiger charge is -2.13. The van der Waals surface area contributed by atoms with Crippen LogP contribution in [0, 0.1) is 13.0 Å². The van der Waals surface area contributed by atoms with E-state index in [0.717, 1.165) is 5.57 Å². The van der Waals surface area contributed by atoms with Crippen LogP contribution < -0.4 is 0 Å². The third-order valence-electron chi connectivity index (χ3n) is 1.91. The Morgan fingerprint density at radius 3 is 3.14 bits per heavy atom. The summed E-state index contributed by atoms with van der Waals surface area (Å²) in [5.41, 5.74) is 1.06. The highest BCUT2D eigenvalue weighted by molar-refractivity contribution is 5.77. The Hall–Kier alpha value is -1.90. The van der Waals surface area contributed by atoms with Gasteiger partial charge in [-0.1, -0.05) is 0 Å². The lowest BCUT2D eigenvalue weighted by molar-refractivity contribution is -0.393. The summed E-state index contributed by atoms with van der Waals surface area (Å²) >= 11 is 0. The van der Waals surface area contributed by atoms with E-state index in [4.69, 9.17) is 4.74 Å². The third-order valence-corrected chi connectivity index (χ3v) is 1.91. The second-order valence-corrected chi connectivity index (χ2v) is 2.94. The molecule has 0 unspecified atom stereocenters. The Kier molecular flexibility index (Phi) is 2.40. The van der Waals surface area contributed by atoms with Crippen LogP contribution in [0.4, 0.5) is 0 Å². The zero-order valence-corrected chi connectivity index (χ0v) is 7.59. The van der Waals surface area contributed by atoms with Gasteiger partial charge in [0.15, 0.2) is 6.61 Å². The monoisotopic (exact) mass is 188 g/mol. The maximum atomic E-state index is 11.1. The number of ether oxygens (including phenoxy) is 1. The predicted octanol–water partition coefficient (Wildman–Crippen LogP) is 1.00. The molecule has 0 bridgehead atoms. The van der Waals surface area contributed by atoms with E-state index in [2.05, 4.69) is 0 Å². The molecule has 1 amide bonds. The van der Waals surface area contributed by atoms with Crippen molar-refractivity contribution in [2.75, 3.05) is 6.61 Å². The quantitative estimate of drug-likeness (QED) is 0.478. The molecule has 0 aromatic carbocycles. The molecule has 1 aliphatic heterocycles. The number of amides is 1. The smallest absolute Gasteiger partial charge is 0.349 e. The molecule has 0 saturated carbocycles. The number of hydrogen-bond acceptors (Lipinski definition) is 2. The Morgan fingerprint density at radius 1 is 1.57 bits per heavy atom. The van der Waals surface area contributed by atoms with Crippen molar-refractivity contribution in [1.82, 2.24) is 0 Å². The largest absolute Gasteiger partial charge is 0.487 e. The minimum Gasteiger partial charge on any atom is -0.487 e. The molecule has 0 fully saturated rings. The van der Waals surface area contributed by atoms with Crippen molar-refractivity contribution in [3.63, 3.8) is 0 Å². The molecule has 0 aromatic rings. The van der Waals surface area contributed by atoms with E-state index in [0.29, 0.717) is 0 Å². The van der Waals surface area contributed by atoms with Crippen molar-refractivity contribution >= 4 is 12.3 Å².